The standard InChI is InChI=1S/C22H27BrN4O4/c23-20-17(10-7-13-25-20)14-18(21(24)29)27-19(28)11-5-2-6-12-26-22(30)31-15-16-8-3-1-4-9-16/h1,3-4,7-10,13,18H,2,5-6,11-12,14-15H2,(H2,24,29)(H,26,30)(H,27,28)/t18-/m0/s1. The number of hydrogen-bond donors (Lipinski definition) is 3. The summed E-state index contributed by atoms with van der Waals surface area (Å²) < 4.78 is 5.75. The number of nitrogens with two attached hydrogens (primary N) is 1. The van der Waals surface area contributed by atoms with Crippen molar-refractivity contribution in [3.05, 3.63) is 64.4 Å². The van der Waals surface area contributed by atoms with Gasteiger partial charge in [-0.3, -0.25) is 9.59 Å². The molecule has 0 saturated heterocycles. The third kappa shape index (κ3) is 9.61. The Morgan fingerprint density at radius 3 is 2.55 bits per heavy atom. The molecule has 2 rings (SSSR count). The smallest absolute Gasteiger partial charge is 0.407 e. The molecule has 166 valence electrons. The highest BCUT2D eigenvalue weighted by Gasteiger charge is 2.19. The number of unbranched alkanes of at least 4 members (excludes halogenated alkanes) is 2. The summed E-state index contributed by atoms with van der Waals surface area (Å²) in [5, 5.41) is 5.37. The molecule has 0 fully saturated rings. The van der Waals surface area contributed by atoms with Gasteiger partial charge in [0.2, 0.25) is 11.8 Å². The van der Waals surface area contributed by atoms with Crippen molar-refractivity contribution in [1.82, 2.24) is 15.6 Å². The summed E-state index contributed by atoms with van der Waals surface area (Å²) in [6, 6.07) is 12.2. The van der Waals surface area contributed by atoms with Crippen LogP contribution in [-0.4, -0.2) is 35.5 Å². The maximum absolute atomic E-state index is 12.2. The van der Waals surface area contributed by atoms with E-state index in [1.54, 1.807) is 12.3 Å². The van der Waals surface area contributed by atoms with Crippen molar-refractivity contribution in [2.24, 2.45) is 5.73 Å². The topological polar surface area (TPSA) is 123 Å². The number of halogens is 1. The molecule has 0 aliphatic rings. The van der Waals surface area contributed by atoms with E-state index in [2.05, 4.69) is 31.5 Å². The van der Waals surface area contributed by atoms with Crippen LogP contribution in [0, 0.1) is 0 Å². The quantitative estimate of drug-likeness (QED) is 0.311. The lowest BCUT2D eigenvalue weighted by molar-refractivity contribution is -0.127. The molecule has 0 saturated carbocycles. The molecule has 31 heavy (non-hydrogen) atoms. The first-order valence-electron chi connectivity index (χ1n) is 10.1. The fourth-order valence-electron chi connectivity index (χ4n) is 2.83. The van der Waals surface area contributed by atoms with Crippen LogP contribution in [0.3, 0.4) is 0 Å². The van der Waals surface area contributed by atoms with E-state index in [4.69, 9.17) is 10.5 Å². The molecule has 0 aliphatic heterocycles. The number of hydrogen-bond acceptors (Lipinski definition) is 5. The lowest BCUT2D eigenvalue weighted by Crippen LogP contribution is -2.45. The van der Waals surface area contributed by atoms with E-state index in [0.717, 1.165) is 24.0 Å². The second-order valence-electron chi connectivity index (χ2n) is 6.98. The predicted molar refractivity (Wildman–Crippen MR) is 120 cm³/mol. The van der Waals surface area contributed by atoms with Gasteiger partial charge in [0, 0.05) is 25.6 Å². The first kappa shape index (κ1) is 24.3. The Balaban J connectivity index is 1.58. The third-order valence-corrected chi connectivity index (χ3v) is 5.22. The second-order valence-corrected chi connectivity index (χ2v) is 7.73. The summed E-state index contributed by atoms with van der Waals surface area (Å²) in [4.78, 5) is 39.6. The van der Waals surface area contributed by atoms with E-state index in [9.17, 15) is 14.4 Å². The number of carbonyl (C=O) groups is 3. The van der Waals surface area contributed by atoms with Crippen molar-refractivity contribution >= 4 is 33.8 Å². The van der Waals surface area contributed by atoms with Gasteiger partial charge in [-0.1, -0.05) is 42.8 Å². The molecule has 1 aromatic carbocycles. The number of benzene rings is 1. The molecule has 0 bridgehead atoms. The Bertz CT molecular complexity index is 864. The first-order valence-corrected chi connectivity index (χ1v) is 10.9. The third-order valence-electron chi connectivity index (χ3n) is 4.50. The van der Waals surface area contributed by atoms with Gasteiger partial charge in [0.25, 0.3) is 0 Å². The van der Waals surface area contributed by atoms with Crippen molar-refractivity contribution in [3.8, 4) is 0 Å². The Kier molecular flexibility index (Phi) is 10.5. The van der Waals surface area contributed by atoms with Crippen molar-refractivity contribution in [2.45, 2.75) is 44.8 Å². The highest BCUT2D eigenvalue weighted by atomic mass is 79.9. The van der Waals surface area contributed by atoms with Gasteiger partial charge in [-0.25, -0.2) is 9.78 Å². The van der Waals surface area contributed by atoms with Gasteiger partial charge in [-0.05, 0) is 46.0 Å². The van der Waals surface area contributed by atoms with Crippen LogP contribution in [0.4, 0.5) is 4.79 Å². The second kappa shape index (κ2) is 13.4. The molecule has 8 nitrogen and oxygen atoms in total. The maximum Gasteiger partial charge on any atom is 0.407 e. The zero-order valence-electron chi connectivity index (χ0n) is 17.2. The van der Waals surface area contributed by atoms with Gasteiger partial charge in [0.15, 0.2) is 0 Å². The highest BCUT2D eigenvalue weighted by molar-refractivity contribution is 9.10. The number of primary amides is 1. The van der Waals surface area contributed by atoms with Crippen LogP contribution in [0.2, 0.25) is 0 Å². The number of carbonyl (C=O) groups excluding carboxylic acids is 3. The summed E-state index contributed by atoms with van der Waals surface area (Å²) in [6.07, 6.45) is 3.81. The molecule has 1 heterocycles. The van der Waals surface area contributed by atoms with Crippen molar-refractivity contribution < 1.29 is 19.1 Å². The normalized spacial score (nSPS) is 11.4. The van der Waals surface area contributed by atoms with Gasteiger partial charge >= 0.3 is 6.09 Å². The van der Waals surface area contributed by atoms with Gasteiger partial charge in [0.1, 0.15) is 17.3 Å². The minimum Gasteiger partial charge on any atom is -0.445 e. The number of ether oxygens (including phenoxy) is 1. The van der Waals surface area contributed by atoms with Crippen LogP contribution >= 0.6 is 15.9 Å². The molecule has 4 N–H and O–H groups in total. The fraction of sp³-hybridized carbons (Fsp3) is 0.364. The largest absolute Gasteiger partial charge is 0.445 e. The number of nitrogens with one attached hydrogen (secondary N) is 2. The minimum absolute atomic E-state index is 0.226. The number of alkyl carbamates (subject to hydrolysis) is 1. The number of nitrogens with zero attached hydrogens (tertiary/aromatic N) is 1. The van der Waals surface area contributed by atoms with Gasteiger partial charge in [-0.15, -0.1) is 0 Å². The van der Waals surface area contributed by atoms with Crippen molar-refractivity contribution in [1.29, 1.82) is 0 Å². The zero-order chi connectivity index (χ0) is 22.5. The maximum atomic E-state index is 12.2. The first-order chi connectivity index (χ1) is 15.0. The number of rotatable bonds is 12. The average molecular weight is 491 g/mol. The van der Waals surface area contributed by atoms with Crippen LogP contribution in [0.1, 0.15) is 36.8 Å². The SMILES string of the molecule is NC(=O)[C@H](Cc1cccnc1Br)NC(=O)CCCCCNC(=O)OCc1ccccc1. The summed E-state index contributed by atoms with van der Waals surface area (Å²) in [5.41, 5.74) is 7.14. The monoisotopic (exact) mass is 490 g/mol. The summed E-state index contributed by atoms with van der Waals surface area (Å²) in [7, 11) is 0. The molecule has 0 radical (unpaired) electrons. The molecule has 1 atom stereocenters. The summed E-state index contributed by atoms with van der Waals surface area (Å²) in [5.74, 6) is -0.832. The van der Waals surface area contributed by atoms with Crippen molar-refractivity contribution in [2.75, 3.05) is 6.54 Å². The number of pyridine rings is 1. The molecule has 0 unspecified atom stereocenters. The average Bonchev–Trinajstić information content (AvgIpc) is 2.76. The number of amides is 3. The molecule has 2 aromatic rings. The Hall–Kier alpha value is -2.94. The summed E-state index contributed by atoms with van der Waals surface area (Å²) >= 11 is 3.32. The van der Waals surface area contributed by atoms with Gasteiger partial charge in [-0.2, -0.15) is 0 Å². The van der Waals surface area contributed by atoms with E-state index >= 15 is 0 Å². The van der Waals surface area contributed by atoms with Gasteiger partial charge in [0.05, 0.1) is 0 Å². The van der Waals surface area contributed by atoms with E-state index in [-0.39, 0.29) is 25.4 Å². The molecule has 9 heteroatoms. The summed E-state index contributed by atoms with van der Waals surface area (Å²) in [6.45, 7) is 0.692. The van der Waals surface area contributed by atoms with Crippen LogP contribution < -0.4 is 16.4 Å². The Morgan fingerprint density at radius 1 is 1.06 bits per heavy atom. The Morgan fingerprint density at radius 2 is 1.84 bits per heavy atom. The molecular weight excluding hydrogens is 464 g/mol. The molecule has 3 amide bonds. The molecule has 1 aromatic heterocycles. The van der Waals surface area contributed by atoms with Crippen molar-refractivity contribution in [3.63, 3.8) is 0 Å². The molecule has 0 aliphatic carbocycles. The van der Waals surface area contributed by atoms with E-state index in [1.165, 1.54) is 0 Å². The van der Waals surface area contributed by atoms with E-state index < -0.39 is 18.0 Å². The van der Waals surface area contributed by atoms with Crippen LogP contribution in [0.15, 0.2) is 53.3 Å². The molecular formula is C22H27BrN4O4. The van der Waals surface area contributed by atoms with E-state index in [0.29, 0.717) is 17.6 Å². The fourth-order valence-corrected chi connectivity index (χ4v) is 3.24. The minimum atomic E-state index is -0.797. The zero-order valence-corrected chi connectivity index (χ0v) is 18.8. The van der Waals surface area contributed by atoms with Crippen LogP contribution in [-0.2, 0) is 27.4 Å². The Labute approximate surface area is 190 Å². The van der Waals surface area contributed by atoms with Crippen LogP contribution in [0.5, 0.6) is 0 Å². The van der Waals surface area contributed by atoms with Crippen LogP contribution in [0.25, 0.3) is 0 Å². The van der Waals surface area contributed by atoms with Gasteiger partial charge < -0.3 is 21.1 Å². The highest BCUT2D eigenvalue weighted by Crippen LogP contribution is 2.14. The number of aromatic nitrogens is 1. The lowest BCUT2D eigenvalue weighted by atomic mass is 10.1. The lowest BCUT2D eigenvalue weighted by Gasteiger charge is -2.16. The predicted octanol–water partition coefficient (Wildman–Crippen LogP) is 2.84. The molecule has 0 spiro atoms. The van der Waals surface area contributed by atoms with E-state index in [1.807, 2.05) is 36.4 Å².